The number of anilines is 2. The molecule has 0 amide bonds. The lowest BCUT2D eigenvalue weighted by atomic mass is 10.1. The molecule has 6 nitrogen and oxygen atoms in total. The number of hydrogen-bond donors (Lipinski definition) is 2. The highest BCUT2D eigenvalue weighted by molar-refractivity contribution is 5.56. The third-order valence-electron chi connectivity index (χ3n) is 3.74. The van der Waals surface area contributed by atoms with Gasteiger partial charge in [0.1, 0.15) is 18.0 Å². The lowest BCUT2D eigenvalue weighted by Gasteiger charge is -2.38. The van der Waals surface area contributed by atoms with Crippen LogP contribution in [0, 0.1) is 0 Å². The van der Waals surface area contributed by atoms with Crippen molar-refractivity contribution in [2.75, 3.05) is 43.4 Å². The molecule has 0 atom stereocenters. The van der Waals surface area contributed by atoms with Crippen molar-refractivity contribution in [2.45, 2.75) is 39.2 Å². The van der Waals surface area contributed by atoms with E-state index < -0.39 is 5.60 Å². The van der Waals surface area contributed by atoms with Crippen molar-refractivity contribution >= 4 is 11.6 Å². The van der Waals surface area contributed by atoms with Crippen LogP contribution in [-0.4, -0.2) is 58.3 Å². The van der Waals surface area contributed by atoms with Crippen molar-refractivity contribution < 1.29 is 5.11 Å². The second kappa shape index (κ2) is 6.58. The Morgan fingerprint density at radius 1 is 1.24 bits per heavy atom. The molecule has 6 heteroatoms. The molecule has 0 radical (unpaired) electrons. The highest BCUT2D eigenvalue weighted by Crippen LogP contribution is 2.24. The second-order valence-corrected chi connectivity index (χ2v) is 6.39. The fourth-order valence-corrected chi connectivity index (χ4v) is 2.84. The van der Waals surface area contributed by atoms with Crippen LogP contribution < -0.4 is 10.6 Å². The maximum Gasteiger partial charge on any atom is 0.137 e. The van der Waals surface area contributed by atoms with Gasteiger partial charge in [0.05, 0.1) is 5.60 Å². The topological polar surface area (TPSA) is 78.5 Å². The van der Waals surface area contributed by atoms with Gasteiger partial charge in [-0.05, 0) is 20.3 Å². The van der Waals surface area contributed by atoms with Gasteiger partial charge in [0.25, 0.3) is 0 Å². The zero-order valence-corrected chi connectivity index (χ0v) is 13.3. The number of nitrogens with two attached hydrogens (primary N) is 1. The molecule has 0 bridgehead atoms. The Labute approximate surface area is 127 Å². The lowest BCUT2D eigenvalue weighted by molar-refractivity contribution is 0.0344. The number of piperazine rings is 1. The molecular formula is C15H27N5O. The minimum absolute atomic E-state index is 0.598. The molecule has 118 valence electrons. The molecule has 1 aliphatic rings. The summed E-state index contributed by atoms with van der Waals surface area (Å²) in [5.41, 5.74) is 6.43. The largest absolute Gasteiger partial charge is 0.389 e. The summed E-state index contributed by atoms with van der Waals surface area (Å²) in [5.74, 6) is 1.58. The van der Waals surface area contributed by atoms with Crippen LogP contribution in [0.1, 0.15) is 32.8 Å². The van der Waals surface area contributed by atoms with E-state index in [9.17, 15) is 5.11 Å². The number of β-amino-alcohol motifs (C(OH)–C–C–N with tert-alkyl or cyclic N) is 1. The molecule has 0 saturated carbocycles. The number of rotatable bonds is 5. The van der Waals surface area contributed by atoms with Gasteiger partial charge in [-0.2, -0.15) is 0 Å². The van der Waals surface area contributed by atoms with E-state index in [-0.39, 0.29) is 0 Å². The Bertz CT molecular complexity index is 464. The van der Waals surface area contributed by atoms with Gasteiger partial charge in [-0.1, -0.05) is 13.3 Å². The molecule has 1 saturated heterocycles. The van der Waals surface area contributed by atoms with E-state index in [1.54, 1.807) is 6.33 Å². The van der Waals surface area contributed by atoms with E-state index in [2.05, 4.69) is 26.7 Å². The first-order valence-electron chi connectivity index (χ1n) is 7.69. The third-order valence-corrected chi connectivity index (χ3v) is 3.74. The van der Waals surface area contributed by atoms with E-state index in [0.29, 0.717) is 12.4 Å². The molecule has 21 heavy (non-hydrogen) atoms. The Hall–Kier alpha value is -1.40. The van der Waals surface area contributed by atoms with Crippen molar-refractivity contribution in [1.82, 2.24) is 14.9 Å². The molecule has 0 spiro atoms. The van der Waals surface area contributed by atoms with Crippen LogP contribution in [0.2, 0.25) is 0 Å². The fraction of sp³-hybridized carbons (Fsp3) is 0.733. The summed E-state index contributed by atoms with van der Waals surface area (Å²) >= 11 is 0. The van der Waals surface area contributed by atoms with E-state index in [4.69, 9.17) is 5.73 Å². The smallest absolute Gasteiger partial charge is 0.137 e. The average molecular weight is 293 g/mol. The molecular weight excluding hydrogens is 266 g/mol. The first-order valence-corrected chi connectivity index (χ1v) is 7.69. The van der Waals surface area contributed by atoms with Crippen molar-refractivity contribution in [3.63, 3.8) is 0 Å². The molecule has 0 unspecified atom stereocenters. The normalized spacial score (nSPS) is 17.2. The molecule has 1 aromatic rings. The van der Waals surface area contributed by atoms with Crippen molar-refractivity contribution in [2.24, 2.45) is 0 Å². The maximum absolute atomic E-state index is 9.91. The maximum atomic E-state index is 9.91. The summed E-state index contributed by atoms with van der Waals surface area (Å²) < 4.78 is 0. The van der Waals surface area contributed by atoms with Crippen LogP contribution >= 0.6 is 0 Å². The Kier molecular flexibility index (Phi) is 5.00. The molecule has 0 aliphatic carbocycles. The Morgan fingerprint density at radius 2 is 1.90 bits per heavy atom. The molecule has 1 fully saturated rings. The zero-order valence-electron chi connectivity index (χ0n) is 13.3. The summed E-state index contributed by atoms with van der Waals surface area (Å²) in [4.78, 5) is 13.1. The van der Waals surface area contributed by atoms with Gasteiger partial charge in [-0.25, -0.2) is 9.97 Å². The van der Waals surface area contributed by atoms with Gasteiger partial charge in [0.2, 0.25) is 0 Å². The van der Waals surface area contributed by atoms with Crippen LogP contribution in [0.25, 0.3) is 0 Å². The molecule has 1 aromatic heterocycles. The van der Waals surface area contributed by atoms with Gasteiger partial charge >= 0.3 is 0 Å². The fourth-order valence-electron chi connectivity index (χ4n) is 2.84. The van der Waals surface area contributed by atoms with Crippen LogP contribution in [0.15, 0.2) is 6.33 Å². The van der Waals surface area contributed by atoms with Crippen molar-refractivity contribution in [3.05, 3.63) is 11.9 Å². The minimum Gasteiger partial charge on any atom is -0.389 e. The van der Waals surface area contributed by atoms with Crippen LogP contribution in [0.5, 0.6) is 0 Å². The van der Waals surface area contributed by atoms with Crippen LogP contribution in [0.3, 0.4) is 0 Å². The summed E-state index contributed by atoms with van der Waals surface area (Å²) in [7, 11) is 0. The minimum atomic E-state index is -0.644. The summed E-state index contributed by atoms with van der Waals surface area (Å²) in [5, 5.41) is 9.91. The van der Waals surface area contributed by atoms with Crippen LogP contribution in [-0.2, 0) is 6.42 Å². The predicted molar refractivity (Wildman–Crippen MR) is 85.4 cm³/mol. The monoisotopic (exact) mass is 293 g/mol. The molecule has 2 rings (SSSR count). The molecule has 3 N–H and O–H groups in total. The quantitative estimate of drug-likeness (QED) is 0.840. The Balaban J connectivity index is 2.04. The highest BCUT2D eigenvalue weighted by atomic mass is 16.3. The predicted octanol–water partition coefficient (Wildman–Crippen LogP) is 0.904. The number of nitrogens with zero attached hydrogens (tertiary/aromatic N) is 4. The van der Waals surface area contributed by atoms with Gasteiger partial charge < -0.3 is 15.7 Å². The van der Waals surface area contributed by atoms with E-state index in [1.165, 1.54) is 0 Å². The summed E-state index contributed by atoms with van der Waals surface area (Å²) in [6, 6.07) is 0. The van der Waals surface area contributed by atoms with E-state index in [0.717, 1.165) is 50.4 Å². The number of nitrogen functional groups attached to an aromatic ring is 1. The van der Waals surface area contributed by atoms with Crippen molar-refractivity contribution in [3.8, 4) is 0 Å². The second-order valence-electron chi connectivity index (χ2n) is 6.39. The van der Waals surface area contributed by atoms with Gasteiger partial charge in [-0.15, -0.1) is 0 Å². The van der Waals surface area contributed by atoms with Gasteiger partial charge in [0, 0.05) is 38.3 Å². The SMILES string of the molecule is CCCc1c(N)ncnc1N1CCN(CC(C)(C)O)CC1. The zero-order chi connectivity index (χ0) is 15.5. The van der Waals surface area contributed by atoms with Crippen molar-refractivity contribution in [1.29, 1.82) is 0 Å². The van der Waals surface area contributed by atoms with E-state index >= 15 is 0 Å². The highest BCUT2D eigenvalue weighted by Gasteiger charge is 2.24. The van der Waals surface area contributed by atoms with Gasteiger partial charge in [0.15, 0.2) is 0 Å². The van der Waals surface area contributed by atoms with E-state index in [1.807, 2.05) is 13.8 Å². The Morgan fingerprint density at radius 3 is 2.48 bits per heavy atom. The standard InChI is InChI=1S/C15H27N5O/c1-4-5-12-13(16)17-11-18-14(12)20-8-6-19(7-9-20)10-15(2,3)21/h11,21H,4-10H2,1-3H3,(H2,16,17,18). The first-order chi connectivity index (χ1) is 9.90. The molecule has 0 aromatic carbocycles. The van der Waals surface area contributed by atoms with Crippen LogP contribution in [0.4, 0.5) is 11.6 Å². The third kappa shape index (κ3) is 4.28. The lowest BCUT2D eigenvalue weighted by Crippen LogP contribution is -2.51. The molecule has 1 aliphatic heterocycles. The summed E-state index contributed by atoms with van der Waals surface area (Å²) in [6.07, 6.45) is 3.49. The number of aromatic nitrogens is 2. The average Bonchev–Trinajstić information content (AvgIpc) is 2.40. The summed E-state index contributed by atoms with van der Waals surface area (Å²) in [6.45, 7) is 10.2. The first kappa shape index (κ1) is 16.0. The number of hydrogen-bond acceptors (Lipinski definition) is 6. The molecule has 2 heterocycles. The van der Waals surface area contributed by atoms with Gasteiger partial charge in [-0.3, -0.25) is 4.90 Å². The number of aliphatic hydroxyl groups is 1.